The summed E-state index contributed by atoms with van der Waals surface area (Å²) in [6.45, 7) is 2.17. The minimum atomic E-state index is 0.555. The molecule has 94 valence electrons. The second-order valence-electron chi connectivity index (χ2n) is 5.00. The van der Waals surface area contributed by atoms with Gasteiger partial charge < -0.3 is 10.1 Å². The standard InChI is InChI=1S/C13H25NOS/c1-2-5-12(6-3-1)14-8-10-16-11-13-7-4-9-15-13/h12-14H,1-11H2. The highest BCUT2D eigenvalue weighted by atomic mass is 32.2. The largest absolute Gasteiger partial charge is 0.377 e. The van der Waals surface area contributed by atoms with E-state index in [1.165, 1.54) is 63.0 Å². The van der Waals surface area contributed by atoms with Crippen molar-refractivity contribution < 1.29 is 4.74 Å². The van der Waals surface area contributed by atoms with Gasteiger partial charge in [0.05, 0.1) is 6.10 Å². The van der Waals surface area contributed by atoms with Crippen LogP contribution in [0.2, 0.25) is 0 Å². The first-order chi connectivity index (χ1) is 7.95. The Morgan fingerprint density at radius 3 is 2.69 bits per heavy atom. The zero-order chi connectivity index (χ0) is 11.1. The van der Waals surface area contributed by atoms with Crippen LogP contribution in [0.1, 0.15) is 44.9 Å². The van der Waals surface area contributed by atoms with Gasteiger partial charge in [-0.25, -0.2) is 0 Å². The van der Waals surface area contributed by atoms with Gasteiger partial charge in [-0.05, 0) is 25.7 Å². The average molecular weight is 243 g/mol. The van der Waals surface area contributed by atoms with Crippen molar-refractivity contribution in [1.29, 1.82) is 0 Å². The van der Waals surface area contributed by atoms with E-state index in [2.05, 4.69) is 17.1 Å². The third kappa shape index (κ3) is 4.64. The van der Waals surface area contributed by atoms with Gasteiger partial charge in [-0.1, -0.05) is 19.3 Å². The normalized spacial score (nSPS) is 27.4. The number of thioether (sulfide) groups is 1. The molecule has 0 amide bonds. The Hall–Kier alpha value is 0.270. The molecule has 1 saturated carbocycles. The third-order valence-electron chi connectivity index (χ3n) is 3.61. The van der Waals surface area contributed by atoms with Gasteiger partial charge in [0.15, 0.2) is 0 Å². The Balaban J connectivity index is 1.42. The van der Waals surface area contributed by atoms with E-state index in [9.17, 15) is 0 Å². The summed E-state index contributed by atoms with van der Waals surface area (Å²) in [5, 5.41) is 3.69. The first-order valence-electron chi connectivity index (χ1n) is 6.88. The van der Waals surface area contributed by atoms with Crippen LogP contribution in [0.5, 0.6) is 0 Å². The number of hydrogen-bond acceptors (Lipinski definition) is 3. The molecule has 0 aromatic carbocycles. The molecule has 3 heteroatoms. The minimum Gasteiger partial charge on any atom is -0.377 e. The highest BCUT2D eigenvalue weighted by molar-refractivity contribution is 7.99. The van der Waals surface area contributed by atoms with Crippen molar-refractivity contribution in [2.24, 2.45) is 0 Å². The van der Waals surface area contributed by atoms with Gasteiger partial charge in [-0.3, -0.25) is 0 Å². The summed E-state index contributed by atoms with van der Waals surface area (Å²) >= 11 is 2.05. The second kappa shape index (κ2) is 7.57. The summed E-state index contributed by atoms with van der Waals surface area (Å²) in [6.07, 6.45) is 10.2. The zero-order valence-corrected chi connectivity index (χ0v) is 11.1. The molecule has 1 N–H and O–H groups in total. The number of hydrogen-bond donors (Lipinski definition) is 1. The van der Waals surface area contributed by atoms with Crippen molar-refractivity contribution in [3.05, 3.63) is 0 Å². The summed E-state index contributed by atoms with van der Waals surface area (Å²) in [4.78, 5) is 0. The lowest BCUT2D eigenvalue weighted by Gasteiger charge is -2.22. The van der Waals surface area contributed by atoms with E-state index in [4.69, 9.17) is 4.74 Å². The van der Waals surface area contributed by atoms with E-state index in [1.807, 2.05) is 0 Å². The molecule has 0 spiro atoms. The molecule has 0 radical (unpaired) electrons. The summed E-state index contributed by atoms with van der Waals surface area (Å²) in [5.41, 5.74) is 0. The highest BCUT2D eigenvalue weighted by Crippen LogP contribution is 2.18. The van der Waals surface area contributed by atoms with Crippen molar-refractivity contribution in [3.8, 4) is 0 Å². The summed E-state index contributed by atoms with van der Waals surface area (Å²) in [7, 11) is 0. The van der Waals surface area contributed by atoms with Gasteiger partial charge in [-0.2, -0.15) is 11.8 Å². The molecule has 0 bridgehead atoms. The van der Waals surface area contributed by atoms with Crippen LogP contribution in [-0.2, 0) is 4.74 Å². The lowest BCUT2D eigenvalue weighted by molar-refractivity contribution is 0.129. The van der Waals surface area contributed by atoms with E-state index in [0.29, 0.717) is 6.10 Å². The van der Waals surface area contributed by atoms with Crippen LogP contribution in [0.3, 0.4) is 0 Å². The Morgan fingerprint density at radius 2 is 1.94 bits per heavy atom. The first kappa shape index (κ1) is 12.7. The molecule has 1 heterocycles. The van der Waals surface area contributed by atoms with Crippen LogP contribution in [0.15, 0.2) is 0 Å². The monoisotopic (exact) mass is 243 g/mol. The van der Waals surface area contributed by atoms with E-state index >= 15 is 0 Å². The smallest absolute Gasteiger partial charge is 0.0666 e. The molecule has 0 aromatic rings. The maximum Gasteiger partial charge on any atom is 0.0666 e. The fourth-order valence-electron chi connectivity index (χ4n) is 2.63. The van der Waals surface area contributed by atoms with E-state index in [-0.39, 0.29) is 0 Å². The van der Waals surface area contributed by atoms with Crippen LogP contribution in [0.4, 0.5) is 0 Å². The average Bonchev–Trinajstić information content (AvgIpc) is 2.83. The van der Waals surface area contributed by atoms with Crippen LogP contribution < -0.4 is 5.32 Å². The maximum absolute atomic E-state index is 5.61. The first-order valence-corrected chi connectivity index (χ1v) is 8.03. The molecule has 2 nitrogen and oxygen atoms in total. The topological polar surface area (TPSA) is 21.3 Å². The minimum absolute atomic E-state index is 0.555. The summed E-state index contributed by atoms with van der Waals surface area (Å²) in [5.74, 6) is 2.45. The van der Waals surface area contributed by atoms with E-state index in [1.54, 1.807) is 0 Å². The van der Waals surface area contributed by atoms with Gasteiger partial charge >= 0.3 is 0 Å². The molecular formula is C13H25NOS. The molecule has 1 aliphatic heterocycles. The zero-order valence-electron chi connectivity index (χ0n) is 10.2. The molecule has 1 saturated heterocycles. The predicted octanol–water partition coefficient (Wildman–Crippen LogP) is 2.82. The molecular weight excluding hydrogens is 218 g/mol. The van der Waals surface area contributed by atoms with Crippen LogP contribution in [0.25, 0.3) is 0 Å². The molecule has 2 fully saturated rings. The van der Waals surface area contributed by atoms with Crippen molar-refractivity contribution in [3.63, 3.8) is 0 Å². The highest BCUT2D eigenvalue weighted by Gasteiger charge is 2.15. The summed E-state index contributed by atoms with van der Waals surface area (Å²) < 4.78 is 5.61. The Morgan fingerprint density at radius 1 is 1.06 bits per heavy atom. The molecule has 0 aromatic heterocycles. The van der Waals surface area contributed by atoms with Crippen molar-refractivity contribution in [2.45, 2.75) is 57.1 Å². The lowest BCUT2D eigenvalue weighted by atomic mass is 9.96. The predicted molar refractivity (Wildman–Crippen MR) is 71.2 cm³/mol. The van der Waals surface area contributed by atoms with Gasteiger partial charge in [0.2, 0.25) is 0 Å². The van der Waals surface area contributed by atoms with Crippen LogP contribution in [-0.4, -0.2) is 36.8 Å². The van der Waals surface area contributed by atoms with Crippen LogP contribution in [0, 0.1) is 0 Å². The van der Waals surface area contributed by atoms with Crippen LogP contribution >= 0.6 is 11.8 Å². The summed E-state index contributed by atoms with van der Waals surface area (Å²) in [6, 6.07) is 0.817. The third-order valence-corrected chi connectivity index (χ3v) is 4.71. The SMILES string of the molecule is C1CCC(NCCSCC2CCCO2)CC1. The number of ether oxygens (including phenoxy) is 1. The van der Waals surface area contributed by atoms with E-state index < -0.39 is 0 Å². The Bertz CT molecular complexity index is 177. The second-order valence-corrected chi connectivity index (χ2v) is 6.15. The fourth-order valence-corrected chi connectivity index (χ4v) is 3.59. The molecule has 1 aliphatic carbocycles. The van der Waals surface area contributed by atoms with E-state index in [0.717, 1.165) is 12.6 Å². The molecule has 16 heavy (non-hydrogen) atoms. The van der Waals surface area contributed by atoms with Gasteiger partial charge in [0, 0.05) is 30.7 Å². The lowest BCUT2D eigenvalue weighted by Crippen LogP contribution is -2.32. The number of nitrogens with one attached hydrogen (secondary N) is 1. The molecule has 2 aliphatic rings. The molecule has 1 atom stereocenters. The quantitative estimate of drug-likeness (QED) is 0.725. The Kier molecular flexibility index (Phi) is 6.02. The Labute approximate surface area is 104 Å². The van der Waals surface area contributed by atoms with Gasteiger partial charge in [0.25, 0.3) is 0 Å². The maximum atomic E-state index is 5.61. The molecule has 1 unspecified atom stereocenters. The van der Waals surface area contributed by atoms with Crippen molar-refractivity contribution in [2.75, 3.05) is 24.7 Å². The van der Waals surface area contributed by atoms with Crippen molar-refractivity contribution >= 4 is 11.8 Å². The van der Waals surface area contributed by atoms with Crippen molar-refractivity contribution in [1.82, 2.24) is 5.32 Å². The van der Waals surface area contributed by atoms with Gasteiger partial charge in [0.1, 0.15) is 0 Å². The number of rotatable bonds is 6. The van der Waals surface area contributed by atoms with Gasteiger partial charge in [-0.15, -0.1) is 0 Å². The molecule has 2 rings (SSSR count). The fraction of sp³-hybridized carbons (Fsp3) is 1.00.